The van der Waals surface area contributed by atoms with Gasteiger partial charge in [-0.25, -0.2) is 19.3 Å². The fourth-order valence-electron chi connectivity index (χ4n) is 4.20. The Labute approximate surface area is 183 Å². The zero-order valence-corrected chi connectivity index (χ0v) is 17.4. The maximum absolute atomic E-state index is 11.8. The van der Waals surface area contributed by atoms with Crippen LogP contribution in [-0.2, 0) is 4.74 Å². The Balaban J connectivity index is 1.45. The number of amides is 1. The molecule has 11 heteroatoms. The number of morpholine rings is 1. The van der Waals surface area contributed by atoms with Crippen LogP contribution in [0.2, 0.25) is 0 Å². The summed E-state index contributed by atoms with van der Waals surface area (Å²) in [5, 5.41) is 13.6. The highest BCUT2D eigenvalue weighted by molar-refractivity contribution is 5.88. The van der Waals surface area contributed by atoms with E-state index in [0.29, 0.717) is 56.4 Å². The molecule has 2 fully saturated rings. The molecule has 0 radical (unpaired) electrons. The van der Waals surface area contributed by atoms with Gasteiger partial charge in [-0.3, -0.25) is 4.79 Å². The minimum atomic E-state index is -0.897. The van der Waals surface area contributed by atoms with E-state index < -0.39 is 6.09 Å². The molecule has 5 heterocycles. The molecule has 0 spiro atoms. The van der Waals surface area contributed by atoms with Crippen molar-refractivity contribution >= 4 is 29.5 Å². The first-order chi connectivity index (χ1) is 15.7. The third-order valence-electron chi connectivity index (χ3n) is 5.88. The summed E-state index contributed by atoms with van der Waals surface area (Å²) in [5.41, 5.74) is 3.18. The number of carbonyl (C=O) groups excluding carboxylic acids is 1. The van der Waals surface area contributed by atoms with Crippen LogP contribution in [-0.4, -0.2) is 94.5 Å². The summed E-state index contributed by atoms with van der Waals surface area (Å²) in [4.78, 5) is 37.7. The van der Waals surface area contributed by atoms with Gasteiger partial charge >= 0.3 is 6.09 Å². The van der Waals surface area contributed by atoms with Gasteiger partial charge in [-0.05, 0) is 18.2 Å². The van der Waals surface area contributed by atoms with Crippen LogP contribution < -0.4 is 9.80 Å². The molecule has 0 aromatic carbocycles. The molecule has 3 aromatic rings. The fraction of sp³-hybridized carbons (Fsp3) is 0.381. The summed E-state index contributed by atoms with van der Waals surface area (Å²) < 4.78 is 7.14. The Bertz CT molecular complexity index is 1130. The Hall–Kier alpha value is -3.73. The van der Waals surface area contributed by atoms with Crippen LogP contribution in [0.25, 0.3) is 16.9 Å². The number of piperazine rings is 1. The van der Waals surface area contributed by atoms with Crippen LogP contribution >= 0.6 is 0 Å². The largest absolute Gasteiger partial charge is 0.465 e. The molecular weight excluding hydrogens is 414 g/mol. The first kappa shape index (κ1) is 20.2. The zero-order chi connectivity index (χ0) is 22.1. The molecule has 2 saturated heterocycles. The highest BCUT2D eigenvalue weighted by atomic mass is 16.5. The smallest absolute Gasteiger partial charge is 0.407 e. The number of anilines is 2. The molecule has 1 amide bonds. The van der Waals surface area contributed by atoms with E-state index in [1.807, 2.05) is 23.1 Å². The number of aromatic nitrogens is 4. The Morgan fingerprint density at radius 2 is 1.81 bits per heavy atom. The summed E-state index contributed by atoms with van der Waals surface area (Å²) in [6.07, 6.45) is 3.26. The van der Waals surface area contributed by atoms with Crippen molar-refractivity contribution < 1.29 is 19.4 Å². The third-order valence-corrected chi connectivity index (χ3v) is 5.88. The van der Waals surface area contributed by atoms with E-state index in [1.54, 1.807) is 16.9 Å². The van der Waals surface area contributed by atoms with E-state index in [9.17, 15) is 9.59 Å². The van der Waals surface area contributed by atoms with Crippen molar-refractivity contribution in [1.82, 2.24) is 24.5 Å². The number of carboxylic acid groups (broad SMARTS) is 1. The Morgan fingerprint density at radius 3 is 2.47 bits per heavy atom. The molecule has 32 heavy (non-hydrogen) atoms. The summed E-state index contributed by atoms with van der Waals surface area (Å²) in [6, 6.07) is 5.68. The van der Waals surface area contributed by atoms with Crippen molar-refractivity contribution in [3.8, 4) is 11.3 Å². The number of imidazole rings is 1. The highest BCUT2D eigenvalue weighted by Crippen LogP contribution is 2.29. The highest BCUT2D eigenvalue weighted by Gasteiger charge is 2.23. The molecule has 1 N–H and O–H groups in total. The van der Waals surface area contributed by atoms with E-state index in [0.717, 1.165) is 36.4 Å². The second-order valence-corrected chi connectivity index (χ2v) is 7.68. The maximum Gasteiger partial charge on any atom is 0.407 e. The zero-order valence-electron chi connectivity index (χ0n) is 17.4. The fourth-order valence-corrected chi connectivity index (χ4v) is 4.20. The lowest BCUT2D eigenvalue weighted by molar-refractivity contribution is 0.111. The Morgan fingerprint density at radius 1 is 1.03 bits per heavy atom. The quantitative estimate of drug-likeness (QED) is 0.602. The van der Waals surface area contributed by atoms with Gasteiger partial charge in [-0.1, -0.05) is 0 Å². The number of fused-ring (bicyclic) bond motifs is 1. The summed E-state index contributed by atoms with van der Waals surface area (Å²) in [5.74, 6) is 0.766. The van der Waals surface area contributed by atoms with Crippen molar-refractivity contribution in [2.45, 2.75) is 0 Å². The average molecular weight is 437 g/mol. The van der Waals surface area contributed by atoms with Crippen molar-refractivity contribution in [3.63, 3.8) is 0 Å². The first-order valence-electron chi connectivity index (χ1n) is 10.5. The van der Waals surface area contributed by atoms with Crippen LogP contribution in [0.1, 0.15) is 10.5 Å². The van der Waals surface area contributed by atoms with Crippen LogP contribution in [0, 0.1) is 0 Å². The molecule has 0 unspecified atom stereocenters. The third kappa shape index (κ3) is 3.60. The van der Waals surface area contributed by atoms with Gasteiger partial charge in [0.25, 0.3) is 0 Å². The van der Waals surface area contributed by atoms with Crippen LogP contribution in [0.5, 0.6) is 0 Å². The second kappa shape index (κ2) is 8.42. The lowest BCUT2D eigenvalue weighted by atomic mass is 10.1. The SMILES string of the molecule is O=Cc1nc2c(N3CCOCC3)ccnn2c1-c1ccc(N2CCN(C(=O)O)CC2)nc1. The number of ether oxygens (including phenoxy) is 1. The van der Waals surface area contributed by atoms with Gasteiger partial charge in [0.1, 0.15) is 17.2 Å². The van der Waals surface area contributed by atoms with Gasteiger partial charge in [0.2, 0.25) is 0 Å². The van der Waals surface area contributed by atoms with Gasteiger partial charge in [-0.15, -0.1) is 0 Å². The monoisotopic (exact) mass is 437 g/mol. The van der Waals surface area contributed by atoms with Gasteiger partial charge in [0.15, 0.2) is 11.9 Å². The first-order valence-corrected chi connectivity index (χ1v) is 10.5. The lowest BCUT2D eigenvalue weighted by Crippen LogP contribution is -2.48. The average Bonchev–Trinajstić information content (AvgIpc) is 3.23. The van der Waals surface area contributed by atoms with E-state index >= 15 is 0 Å². The van der Waals surface area contributed by atoms with Crippen molar-refractivity contribution in [3.05, 3.63) is 36.3 Å². The number of aldehydes is 1. The number of carbonyl (C=O) groups is 2. The van der Waals surface area contributed by atoms with Crippen molar-refractivity contribution in [2.24, 2.45) is 0 Å². The maximum atomic E-state index is 11.8. The number of pyridine rings is 1. The molecule has 11 nitrogen and oxygen atoms in total. The van der Waals surface area contributed by atoms with Gasteiger partial charge in [0.05, 0.1) is 25.1 Å². The van der Waals surface area contributed by atoms with Crippen LogP contribution in [0.3, 0.4) is 0 Å². The summed E-state index contributed by atoms with van der Waals surface area (Å²) in [6.45, 7) is 4.85. The van der Waals surface area contributed by atoms with Crippen molar-refractivity contribution in [2.75, 3.05) is 62.3 Å². The van der Waals surface area contributed by atoms with E-state index in [2.05, 4.69) is 20.0 Å². The summed E-state index contributed by atoms with van der Waals surface area (Å²) >= 11 is 0. The normalized spacial score (nSPS) is 17.1. The molecule has 0 bridgehead atoms. The Kier molecular flexibility index (Phi) is 5.31. The lowest BCUT2D eigenvalue weighted by Gasteiger charge is -2.33. The van der Waals surface area contributed by atoms with Crippen LogP contribution in [0.4, 0.5) is 16.3 Å². The minimum absolute atomic E-state index is 0.308. The van der Waals surface area contributed by atoms with E-state index in [1.165, 1.54) is 4.90 Å². The molecule has 0 atom stereocenters. The van der Waals surface area contributed by atoms with Crippen molar-refractivity contribution in [1.29, 1.82) is 0 Å². The molecule has 0 saturated carbocycles. The van der Waals surface area contributed by atoms with Gasteiger partial charge < -0.3 is 24.5 Å². The molecule has 2 aliphatic heterocycles. The van der Waals surface area contributed by atoms with Crippen LogP contribution in [0.15, 0.2) is 30.6 Å². The summed E-state index contributed by atoms with van der Waals surface area (Å²) in [7, 11) is 0. The number of nitrogens with zero attached hydrogens (tertiary/aromatic N) is 7. The molecule has 3 aromatic heterocycles. The molecule has 2 aliphatic rings. The number of hydrogen-bond acceptors (Lipinski definition) is 8. The predicted octanol–water partition coefficient (Wildman–Crippen LogP) is 1.24. The van der Waals surface area contributed by atoms with E-state index in [-0.39, 0.29) is 0 Å². The topological polar surface area (TPSA) is 116 Å². The number of rotatable bonds is 4. The number of hydrogen-bond donors (Lipinski definition) is 1. The molecular formula is C21H23N7O4. The molecule has 166 valence electrons. The predicted molar refractivity (Wildman–Crippen MR) is 116 cm³/mol. The molecule has 5 rings (SSSR count). The van der Waals surface area contributed by atoms with Gasteiger partial charge in [-0.2, -0.15) is 5.10 Å². The van der Waals surface area contributed by atoms with E-state index in [4.69, 9.17) is 9.84 Å². The minimum Gasteiger partial charge on any atom is -0.465 e. The molecule has 0 aliphatic carbocycles. The van der Waals surface area contributed by atoms with Gasteiger partial charge in [0, 0.05) is 51.0 Å². The second-order valence-electron chi connectivity index (χ2n) is 7.68. The standard InChI is InChI=1S/C21H23N7O4/c29-14-16-19(28-20(24-16)17(3-4-23-28)25-9-11-32-12-10-25)15-1-2-18(22-13-15)26-5-7-27(8-6-26)21(30)31/h1-4,13-14H,5-12H2,(H,30,31).